The highest BCUT2D eigenvalue weighted by molar-refractivity contribution is 7.13. The topological polar surface area (TPSA) is 96.3 Å². The van der Waals surface area contributed by atoms with E-state index in [0.29, 0.717) is 41.0 Å². The van der Waals surface area contributed by atoms with Crippen LogP contribution in [0.15, 0.2) is 52.6 Å². The molecule has 8 heteroatoms. The van der Waals surface area contributed by atoms with Crippen LogP contribution in [0.3, 0.4) is 0 Å². The van der Waals surface area contributed by atoms with Crippen molar-refractivity contribution < 1.29 is 13.9 Å². The molecule has 4 aromatic rings. The lowest BCUT2D eigenvalue weighted by atomic mass is 10.0. The summed E-state index contributed by atoms with van der Waals surface area (Å²) in [7, 11) is 3.25. The maximum absolute atomic E-state index is 6.34. The van der Waals surface area contributed by atoms with Gasteiger partial charge in [-0.25, -0.2) is 15.0 Å². The van der Waals surface area contributed by atoms with Gasteiger partial charge in [-0.3, -0.25) is 0 Å². The van der Waals surface area contributed by atoms with Gasteiger partial charge in [0.1, 0.15) is 11.5 Å². The van der Waals surface area contributed by atoms with Crippen LogP contribution in [0.25, 0.3) is 22.3 Å². The third kappa shape index (κ3) is 3.93. The van der Waals surface area contributed by atoms with Crippen molar-refractivity contribution in [2.75, 3.05) is 20.0 Å². The van der Waals surface area contributed by atoms with E-state index in [0.717, 1.165) is 22.6 Å². The second-order valence-electron chi connectivity index (χ2n) is 6.26. The number of methoxy groups -OCH3 is 2. The minimum Gasteiger partial charge on any atom is -0.493 e. The van der Waals surface area contributed by atoms with Crippen LogP contribution in [-0.4, -0.2) is 29.2 Å². The van der Waals surface area contributed by atoms with Crippen LogP contribution in [-0.2, 0) is 12.8 Å². The number of nitrogen functional groups attached to an aromatic ring is 1. The SMILES string of the molecule is COc1ccc(CCc2c(N)nc(-c3nccs3)nc2-c2ccco2)cc1OC. The van der Waals surface area contributed by atoms with E-state index in [4.69, 9.17) is 24.6 Å². The molecule has 0 saturated heterocycles. The average Bonchev–Trinajstić information content (AvgIpc) is 3.46. The molecule has 0 fully saturated rings. The Morgan fingerprint density at radius 3 is 2.62 bits per heavy atom. The Bertz CT molecular complexity index is 1100. The predicted molar refractivity (Wildman–Crippen MR) is 112 cm³/mol. The van der Waals surface area contributed by atoms with E-state index in [9.17, 15) is 0 Å². The zero-order chi connectivity index (χ0) is 20.2. The van der Waals surface area contributed by atoms with E-state index in [-0.39, 0.29) is 0 Å². The number of hydrogen-bond acceptors (Lipinski definition) is 8. The second kappa shape index (κ2) is 8.32. The maximum Gasteiger partial charge on any atom is 0.191 e. The highest BCUT2D eigenvalue weighted by atomic mass is 32.1. The quantitative estimate of drug-likeness (QED) is 0.488. The fourth-order valence-corrected chi connectivity index (χ4v) is 3.67. The number of ether oxygens (including phenoxy) is 2. The summed E-state index contributed by atoms with van der Waals surface area (Å²) in [5.41, 5.74) is 8.96. The van der Waals surface area contributed by atoms with Gasteiger partial charge in [0, 0.05) is 17.1 Å². The summed E-state index contributed by atoms with van der Waals surface area (Å²) >= 11 is 1.47. The van der Waals surface area contributed by atoms with Crippen molar-refractivity contribution >= 4 is 17.2 Å². The third-order valence-corrected chi connectivity index (χ3v) is 5.30. The minimum absolute atomic E-state index is 0.428. The summed E-state index contributed by atoms with van der Waals surface area (Å²) < 4.78 is 16.3. The number of anilines is 1. The Kier molecular flexibility index (Phi) is 5.44. The largest absolute Gasteiger partial charge is 0.493 e. The fourth-order valence-electron chi connectivity index (χ4n) is 3.10. The summed E-state index contributed by atoms with van der Waals surface area (Å²) in [5, 5.41) is 2.60. The molecular formula is C21H20N4O3S. The molecular weight excluding hydrogens is 388 g/mol. The molecule has 0 spiro atoms. The van der Waals surface area contributed by atoms with E-state index >= 15 is 0 Å². The van der Waals surface area contributed by atoms with E-state index in [2.05, 4.69) is 9.97 Å². The zero-order valence-corrected chi connectivity index (χ0v) is 16.9. The Hall–Kier alpha value is -3.39. The number of thiazole rings is 1. The van der Waals surface area contributed by atoms with Crippen LogP contribution >= 0.6 is 11.3 Å². The van der Waals surface area contributed by atoms with Gasteiger partial charge in [-0.2, -0.15) is 0 Å². The standard InChI is InChI=1S/C21H20N4O3S/c1-26-15-8-6-13(12-17(15)27-2)5-7-14-18(16-4-3-10-28-16)24-20(25-19(14)22)21-23-9-11-29-21/h3-4,6,8-12H,5,7H2,1-2H3,(H2,22,24,25). The van der Waals surface area contributed by atoms with E-state index in [1.165, 1.54) is 11.3 Å². The predicted octanol–water partition coefficient (Wildman–Crippen LogP) is 4.24. The maximum atomic E-state index is 6.34. The molecule has 4 rings (SSSR count). The van der Waals surface area contributed by atoms with Crippen molar-refractivity contribution in [2.45, 2.75) is 12.8 Å². The first-order chi connectivity index (χ1) is 14.2. The summed E-state index contributed by atoms with van der Waals surface area (Å²) in [6.07, 6.45) is 4.72. The highest BCUT2D eigenvalue weighted by Gasteiger charge is 2.18. The molecule has 3 aromatic heterocycles. The summed E-state index contributed by atoms with van der Waals surface area (Å²) in [6, 6.07) is 9.57. The molecule has 0 saturated carbocycles. The number of rotatable bonds is 7. The van der Waals surface area contributed by atoms with Crippen LogP contribution in [0.5, 0.6) is 11.5 Å². The Labute approximate surface area is 172 Å². The molecule has 148 valence electrons. The lowest BCUT2D eigenvalue weighted by Gasteiger charge is -2.12. The molecule has 0 atom stereocenters. The summed E-state index contributed by atoms with van der Waals surface area (Å²) in [4.78, 5) is 13.5. The fraction of sp³-hybridized carbons (Fsp3) is 0.190. The van der Waals surface area contributed by atoms with E-state index in [1.54, 1.807) is 26.7 Å². The number of hydrogen-bond donors (Lipinski definition) is 1. The van der Waals surface area contributed by atoms with Crippen molar-refractivity contribution in [3.05, 3.63) is 59.3 Å². The molecule has 29 heavy (non-hydrogen) atoms. The number of nitrogens with zero attached hydrogens (tertiary/aromatic N) is 3. The third-order valence-electron chi connectivity index (χ3n) is 4.53. The monoisotopic (exact) mass is 408 g/mol. The molecule has 2 N–H and O–H groups in total. The Morgan fingerprint density at radius 2 is 1.93 bits per heavy atom. The van der Waals surface area contributed by atoms with Crippen molar-refractivity contribution in [1.29, 1.82) is 0 Å². The van der Waals surface area contributed by atoms with Crippen LogP contribution in [0.2, 0.25) is 0 Å². The molecule has 0 aliphatic carbocycles. The molecule has 0 aliphatic rings. The molecule has 0 radical (unpaired) electrons. The zero-order valence-electron chi connectivity index (χ0n) is 16.1. The van der Waals surface area contributed by atoms with Gasteiger partial charge in [0.25, 0.3) is 0 Å². The van der Waals surface area contributed by atoms with Gasteiger partial charge in [-0.1, -0.05) is 6.07 Å². The van der Waals surface area contributed by atoms with Gasteiger partial charge in [0.2, 0.25) is 0 Å². The van der Waals surface area contributed by atoms with Crippen LogP contribution in [0.4, 0.5) is 5.82 Å². The second-order valence-corrected chi connectivity index (χ2v) is 7.16. The smallest absolute Gasteiger partial charge is 0.191 e. The van der Waals surface area contributed by atoms with Crippen LogP contribution in [0.1, 0.15) is 11.1 Å². The summed E-state index contributed by atoms with van der Waals surface area (Å²) in [5.74, 6) is 2.97. The van der Waals surface area contributed by atoms with Crippen molar-refractivity contribution in [3.63, 3.8) is 0 Å². The molecule has 0 aliphatic heterocycles. The number of benzene rings is 1. The van der Waals surface area contributed by atoms with Crippen molar-refractivity contribution in [1.82, 2.24) is 15.0 Å². The molecule has 1 aromatic carbocycles. The normalized spacial score (nSPS) is 10.8. The number of furan rings is 1. The average molecular weight is 408 g/mol. The number of aromatic nitrogens is 3. The van der Waals surface area contributed by atoms with Crippen molar-refractivity contribution in [3.8, 4) is 33.8 Å². The van der Waals surface area contributed by atoms with Gasteiger partial charge in [-0.05, 0) is 42.7 Å². The molecule has 3 heterocycles. The molecule has 7 nitrogen and oxygen atoms in total. The first-order valence-electron chi connectivity index (χ1n) is 9.00. The lowest BCUT2D eigenvalue weighted by Crippen LogP contribution is -2.06. The highest BCUT2D eigenvalue weighted by Crippen LogP contribution is 2.32. The molecule has 0 amide bonds. The Morgan fingerprint density at radius 1 is 1.07 bits per heavy atom. The van der Waals surface area contributed by atoms with Gasteiger partial charge in [0.15, 0.2) is 28.1 Å². The van der Waals surface area contributed by atoms with Gasteiger partial charge in [-0.15, -0.1) is 11.3 Å². The van der Waals surface area contributed by atoms with E-state index < -0.39 is 0 Å². The molecule has 0 unspecified atom stereocenters. The summed E-state index contributed by atoms with van der Waals surface area (Å²) in [6.45, 7) is 0. The van der Waals surface area contributed by atoms with Crippen molar-refractivity contribution in [2.24, 2.45) is 0 Å². The van der Waals surface area contributed by atoms with E-state index in [1.807, 2.05) is 35.7 Å². The first kappa shape index (κ1) is 18.9. The minimum atomic E-state index is 0.428. The molecule has 0 bridgehead atoms. The van der Waals surface area contributed by atoms with Gasteiger partial charge < -0.3 is 19.6 Å². The van der Waals surface area contributed by atoms with Gasteiger partial charge >= 0.3 is 0 Å². The Balaban J connectivity index is 1.68. The number of nitrogens with two attached hydrogens (primary N) is 1. The van der Waals surface area contributed by atoms with Crippen LogP contribution in [0, 0.1) is 0 Å². The first-order valence-corrected chi connectivity index (χ1v) is 9.88. The van der Waals surface area contributed by atoms with Crippen LogP contribution < -0.4 is 15.2 Å². The number of aryl methyl sites for hydroxylation is 1. The van der Waals surface area contributed by atoms with Gasteiger partial charge in [0.05, 0.1) is 20.5 Å². The lowest BCUT2D eigenvalue weighted by molar-refractivity contribution is 0.354.